The molecule has 1 atom stereocenters. The van der Waals surface area contributed by atoms with Gasteiger partial charge in [-0.2, -0.15) is 0 Å². The number of nitrogens with zero attached hydrogens (tertiary/aromatic N) is 1. The summed E-state index contributed by atoms with van der Waals surface area (Å²) in [5.41, 5.74) is 8.29. The molecule has 0 aliphatic heterocycles. The molecule has 0 saturated heterocycles. The Bertz CT molecular complexity index is 303. The maximum absolute atomic E-state index is 5.72. The maximum Gasteiger partial charge on any atom is 0.0403 e. The van der Waals surface area contributed by atoms with Gasteiger partial charge in [0.1, 0.15) is 0 Å². The molecule has 2 heteroatoms. The molecule has 1 aromatic rings. The fourth-order valence-electron chi connectivity index (χ4n) is 2.11. The molecule has 1 rings (SSSR count). The van der Waals surface area contributed by atoms with Crippen molar-refractivity contribution in [1.29, 1.82) is 0 Å². The summed E-state index contributed by atoms with van der Waals surface area (Å²) in [6, 6.07) is 4.74. The molecule has 0 bridgehead atoms. The minimum Gasteiger partial charge on any atom is -0.328 e. The maximum atomic E-state index is 5.72. The van der Waals surface area contributed by atoms with E-state index >= 15 is 0 Å². The molecule has 0 radical (unpaired) electrons. The van der Waals surface area contributed by atoms with Crippen molar-refractivity contribution in [3.63, 3.8) is 0 Å². The molecule has 0 aliphatic carbocycles. The van der Waals surface area contributed by atoms with Crippen LogP contribution in [0.5, 0.6) is 0 Å². The lowest BCUT2D eigenvalue weighted by molar-refractivity contribution is 0.555. The number of nitrogens with two attached hydrogens (primary N) is 1. The van der Waals surface area contributed by atoms with Gasteiger partial charge in [0.25, 0.3) is 0 Å². The van der Waals surface area contributed by atoms with Crippen LogP contribution in [0.4, 0.5) is 0 Å². The summed E-state index contributed by atoms with van der Waals surface area (Å²) < 4.78 is 0. The summed E-state index contributed by atoms with van der Waals surface area (Å²) in [6.45, 7) is 4.25. The van der Waals surface area contributed by atoms with Gasteiger partial charge in [0.15, 0.2) is 0 Å². The Balaban J connectivity index is 2.03. The monoisotopic (exact) mass is 248 g/mol. The van der Waals surface area contributed by atoms with Crippen LogP contribution in [0.3, 0.4) is 0 Å². The van der Waals surface area contributed by atoms with E-state index in [-0.39, 0.29) is 0 Å². The van der Waals surface area contributed by atoms with Crippen molar-refractivity contribution in [2.75, 3.05) is 0 Å². The smallest absolute Gasteiger partial charge is 0.0403 e. The van der Waals surface area contributed by atoms with Gasteiger partial charge in [-0.3, -0.25) is 4.98 Å². The van der Waals surface area contributed by atoms with Crippen molar-refractivity contribution in [3.8, 4) is 0 Å². The Kier molecular flexibility index (Phi) is 7.66. The predicted octanol–water partition coefficient (Wildman–Crippen LogP) is 3.87. The van der Waals surface area contributed by atoms with Crippen molar-refractivity contribution in [2.45, 2.75) is 71.3 Å². The lowest BCUT2D eigenvalue weighted by atomic mass is 10.1. The minimum absolute atomic E-state index is 0.367. The zero-order valence-electron chi connectivity index (χ0n) is 12.0. The van der Waals surface area contributed by atoms with Crippen LogP contribution in [0.2, 0.25) is 0 Å². The van der Waals surface area contributed by atoms with Crippen molar-refractivity contribution in [2.24, 2.45) is 5.73 Å². The first-order valence-corrected chi connectivity index (χ1v) is 7.41. The fraction of sp³-hybridized carbons (Fsp3) is 0.688. The second-order valence-corrected chi connectivity index (χ2v) is 5.30. The van der Waals surface area contributed by atoms with Crippen molar-refractivity contribution < 1.29 is 0 Å². The Morgan fingerprint density at radius 3 is 2.44 bits per heavy atom. The normalized spacial score (nSPS) is 12.6. The molecular formula is C16H28N2. The first-order chi connectivity index (χ1) is 8.72. The van der Waals surface area contributed by atoms with Gasteiger partial charge < -0.3 is 5.73 Å². The van der Waals surface area contributed by atoms with Gasteiger partial charge in [-0.25, -0.2) is 0 Å². The molecule has 0 aromatic carbocycles. The highest BCUT2D eigenvalue weighted by Crippen LogP contribution is 2.10. The Labute approximate surface area is 112 Å². The molecule has 102 valence electrons. The fourth-order valence-corrected chi connectivity index (χ4v) is 2.11. The molecule has 0 aliphatic rings. The van der Waals surface area contributed by atoms with E-state index in [1.54, 1.807) is 0 Å². The van der Waals surface area contributed by atoms with E-state index in [0.29, 0.717) is 6.04 Å². The first kappa shape index (κ1) is 15.2. The van der Waals surface area contributed by atoms with E-state index in [1.807, 2.05) is 6.20 Å². The highest BCUT2D eigenvalue weighted by Gasteiger charge is 1.97. The van der Waals surface area contributed by atoms with Crippen molar-refractivity contribution >= 4 is 0 Å². The van der Waals surface area contributed by atoms with Crippen LogP contribution >= 0.6 is 0 Å². The minimum atomic E-state index is 0.367. The third-order valence-electron chi connectivity index (χ3n) is 3.39. The number of pyridine rings is 1. The van der Waals surface area contributed by atoms with Crippen LogP contribution in [-0.4, -0.2) is 11.0 Å². The Morgan fingerprint density at radius 2 is 1.83 bits per heavy atom. The van der Waals surface area contributed by atoms with Gasteiger partial charge in [-0.1, -0.05) is 38.7 Å². The number of aromatic nitrogens is 1. The lowest BCUT2D eigenvalue weighted by Crippen LogP contribution is -2.13. The molecule has 0 spiro atoms. The molecule has 2 N–H and O–H groups in total. The van der Waals surface area contributed by atoms with Gasteiger partial charge in [-0.05, 0) is 44.2 Å². The van der Waals surface area contributed by atoms with E-state index in [2.05, 4.69) is 31.0 Å². The molecular weight excluding hydrogens is 220 g/mol. The summed E-state index contributed by atoms with van der Waals surface area (Å²) in [7, 11) is 0. The molecule has 0 saturated carbocycles. The highest BCUT2D eigenvalue weighted by molar-refractivity contribution is 5.13. The van der Waals surface area contributed by atoms with E-state index < -0.39 is 0 Å². The molecule has 1 aromatic heterocycles. The van der Waals surface area contributed by atoms with Gasteiger partial charge in [0.05, 0.1) is 0 Å². The topological polar surface area (TPSA) is 38.9 Å². The van der Waals surface area contributed by atoms with Crippen molar-refractivity contribution in [1.82, 2.24) is 4.98 Å². The quantitative estimate of drug-likeness (QED) is 0.674. The van der Waals surface area contributed by atoms with E-state index in [4.69, 9.17) is 5.73 Å². The van der Waals surface area contributed by atoms with Crippen LogP contribution in [0.25, 0.3) is 0 Å². The number of aryl methyl sites for hydroxylation is 2. The number of hydrogen-bond donors (Lipinski definition) is 1. The molecule has 1 unspecified atom stereocenters. The first-order valence-electron chi connectivity index (χ1n) is 7.41. The number of hydrogen-bond acceptors (Lipinski definition) is 2. The summed E-state index contributed by atoms with van der Waals surface area (Å²) in [4.78, 5) is 4.49. The van der Waals surface area contributed by atoms with Gasteiger partial charge >= 0.3 is 0 Å². The third kappa shape index (κ3) is 6.75. The molecule has 2 nitrogen and oxygen atoms in total. The Morgan fingerprint density at radius 1 is 1.11 bits per heavy atom. The molecule has 0 amide bonds. The summed E-state index contributed by atoms with van der Waals surface area (Å²) in [5, 5.41) is 0. The number of rotatable bonds is 9. The number of unbranched alkanes of at least 4 members (excludes halogenated alkanes) is 4. The largest absolute Gasteiger partial charge is 0.328 e. The predicted molar refractivity (Wildman–Crippen MR) is 78.7 cm³/mol. The van der Waals surface area contributed by atoms with E-state index in [0.717, 1.165) is 12.8 Å². The van der Waals surface area contributed by atoms with Crippen molar-refractivity contribution in [3.05, 3.63) is 29.6 Å². The van der Waals surface area contributed by atoms with E-state index in [1.165, 1.54) is 49.8 Å². The van der Waals surface area contributed by atoms with Crippen LogP contribution in [0.15, 0.2) is 18.3 Å². The van der Waals surface area contributed by atoms with Crippen LogP contribution < -0.4 is 5.73 Å². The van der Waals surface area contributed by atoms with E-state index in [9.17, 15) is 0 Å². The summed E-state index contributed by atoms with van der Waals surface area (Å²) in [5.74, 6) is 0. The van der Waals surface area contributed by atoms with Crippen LogP contribution in [0.1, 0.15) is 63.6 Å². The highest BCUT2D eigenvalue weighted by atomic mass is 14.7. The zero-order chi connectivity index (χ0) is 13.2. The SMILES string of the molecule is CCc1ccc(CCCCCCCC(C)N)nc1. The van der Waals surface area contributed by atoms with Gasteiger partial charge in [0, 0.05) is 17.9 Å². The molecule has 18 heavy (non-hydrogen) atoms. The summed E-state index contributed by atoms with van der Waals surface area (Å²) in [6.07, 6.45) is 11.9. The zero-order valence-corrected chi connectivity index (χ0v) is 12.0. The molecule has 0 fully saturated rings. The van der Waals surface area contributed by atoms with Gasteiger partial charge in [-0.15, -0.1) is 0 Å². The van der Waals surface area contributed by atoms with Gasteiger partial charge in [0.2, 0.25) is 0 Å². The third-order valence-corrected chi connectivity index (χ3v) is 3.39. The summed E-state index contributed by atoms with van der Waals surface area (Å²) >= 11 is 0. The second kappa shape index (κ2) is 9.09. The second-order valence-electron chi connectivity index (χ2n) is 5.30. The Hall–Kier alpha value is -0.890. The van der Waals surface area contributed by atoms with Crippen LogP contribution in [0, 0.1) is 0 Å². The lowest BCUT2D eigenvalue weighted by Gasteiger charge is -2.05. The standard InChI is InChI=1S/C16H28N2/c1-3-15-11-12-16(18-13-15)10-8-6-4-5-7-9-14(2)17/h11-14H,3-10,17H2,1-2H3. The van der Waals surface area contributed by atoms with Crippen LogP contribution in [-0.2, 0) is 12.8 Å². The average molecular weight is 248 g/mol. The molecule has 1 heterocycles. The average Bonchev–Trinajstić information content (AvgIpc) is 2.38.